The summed E-state index contributed by atoms with van der Waals surface area (Å²) in [5.74, 6) is 2.05. The van der Waals surface area contributed by atoms with Gasteiger partial charge >= 0.3 is 0 Å². The van der Waals surface area contributed by atoms with Crippen LogP contribution in [0.5, 0.6) is 0 Å². The maximum Gasteiger partial charge on any atom is 0.0224 e. The number of nitrogens with one attached hydrogen (secondary N) is 1. The molecule has 2 unspecified atom stereocenters. The van der Waals surface area contributed by atoms with Crippen molar-refractivity contribution in [3.8, 4) is 0 Å². The predicted molar refractivity (Wildman–Crippen MR) is 42.4 cm³/mol. The predicted octanol–water partition coefficient (Wildman–Crippen LogP) is 1.95. The number of piperidine rings is 1. The monoisotopic (exact) mass is 138 g/mol. The maximum absolute atomic E-state index is 3.36. The van der Waals surface area contributed by atoms with Crippen molar-refractivity contribution in [1.82, 2.24) is 5.32 Å². The Kier molecular flexibility index (Phi) is 1.94. The molecule has 10 heavy (non-hydrogen) atoms. The molecule has 57 valence electrons. The molecule has 1 nitrogen and oxygen atoms in total. The highest BCUT2D eigenvalue weighted by molar-refractivity contribution is 4.85. The van der Waals surface area contributed by atoms with E-state index in [1.54, 1.807) is 0 Å². The lowest BCUT2D eigenvalue weighted by molar-refractivity contribution is 0.203. The summed E-state index contributed by atoms with van der Waals surface area (Å²) < 4.78 is 0. The van der Waals surface area contributed by atoms with Crippen molar-refractivity contribution in [2.75, 3.05) is 6.54 Å². The largest absolute Gasteiger partial charge is 0.312 e. The smallest absolute Gasteiger partial charge is 0.0224 e. The van der Waals surface area contributed by atoms with E-state index in [1.807, 2.05) is 0 Å². The lowest BCUT2D eigenvalue weighted by Gasteiger charge is -2.35. The Hall–Kier alpha value is -0.0400. The van der Waals surface area contributed by atoms with E-state index in [2.05, 4.69) is 11.9 Å². The van der Waals surface area contributed by atoms with E-state index in [0.29, 0.717) is 0 Å². The Bertz CT molecular complexity index is 85.3. The minimum absolute atomic E-state index is 1.01. The van der Waals surface area contributed by atoms with Crippen LogP contribution in [0.15, 0.2) is 0 Å². The van der Waals surface area contributed by atoms with Gasteiger partial charge in [-0.05, 0) is 31.2 Å². The molecule has 0 aromatic heterocycles. The van der Waals surface area contributed by atoms with Crippen LogP contribution in [0, 0.1) is 18.4 Å². The fraction of sp³-hybridized carbons (Fsp3) is 0.889. The van der Waals surface area contributed by atoms with E-state index >= 15 is 0 Å². The third-order valence-electron chi connectivity index (χ3n) is 3.01. The third-order valence-corrected chi connectivity index (χ3v) is 3.01. The zero-order valence-corrected chi connectivity index (χ0v) is 6.47. The second-order valence-electron chi connectivity index (χ2n) is 3.65. The number of hydrogen-bond acceptors (Lipinski definition) is 1. The van der Waals surface area contributed by atoms with Gasteiger partial charge in [-0.15, -0.1) is 0 Å². The van der Waals surface area contributed by atoms with Gasteiger partial charge in [0.05, 0.1) is 0 Å². The molecule has 1 saturated heterocycles. The summed E-state index contributed by atoms with van der Waals surface area (Å²) in [6.45, 7) is 3.51. The molecular formula is C9H16N. The molecule has 0 bridgehead atoms. The van der Waals surface area contributed by atoms with Crippen LogP contribution in [-0.2, 0) is 0 Å². The highest BCUT2D eigenvalue weighted by Crippen LogP contribution is 2.34. The van der Waals surface area contributed by atoms with Crippen molar-refractivity contribution in [3.05, 3.63) is 6.54 Å². The molecule has 2 rings (SSSR count). The van der Waals surface area contributed by atoms with Crippen LogP contribution in [0.25, 0.3) is 0 Å². The fourth-order valence-corrected chi connectivity index (χ4v) is 2.33. The molecule has 1 aliphatic heterocycles. The Labute approximate surface area is 63.2 Å². The zero-order chi connectivity index (χ0) is 6.81. The highest BCUT2D eigenvalue weighted by atomic mass is 14.9. The van der Waals surface area contributed by atoms with E-state index in [-0.39, 0.29) is 0 Å². The molecule has 2 fully saturated rings. The van der Waals surface area contributed by atoms with Gasteiger partial charge in [0.1, 0.15) is 0 Å². The van der Waals surface area contributed by atoms with Gasteiger partial charge in [0.15, 0.2) is 0 Å². The summed E-state index contributed by atoms with van der Waals surface area (Å²) in [5, 5.41) is 3.36. The zero-order valence-electron chi connectivity index (χ0n) is 6.47. The normalized spacial score (nSPS) is 40.8. The van der Waals surface area contributed by atoms with E-state index in [9.17, 15) is 0 Å². The first kappa shape index (κ1) is 6.66. The summed E-state index contributed by atoms with van der Waals surface area (Å²) in [6.07, 6.45) is 7.25. The average molecular weight is 138 g/mol. The number of fused-ring (bicyclic) bond motifs is 1. The molecule has 0 aromatic rings. The Morgan fingerprint density at radius 2 is 1.90 bits per heavy atom. The van der Waals surface area contributed by atoms with E-state index in [1.165, 1.54) is 38.6 Å². The van der Waals surface area contributed by atoms with Gasteiger partial charge in [-0.25, -0.2) is 0 Å². The lowest BCUT2D eigenvalue weighted by atomic mass is 9.76. The maximum atomic E-state index is 3.36. The average Bonchev–Trinajstić information content (AvgIpc) is 2.05. The van der Waals surface area contributed by atoms with Crippen molar-refractivity contribution < 1.29 is 0 Å². The second kappa shape index (κ2) is 2.91. The third kappa shape index (κ3) is 1.20. The molecular weight excluding hydrogens is 122 g/mol. The van der Waals surface area contributed by atoms with E-state index in [4.69, 9.17) is 0 Å². The molecule has 0 aromatic carbocycles. The van der Waals surface area contributed by atoms with Crippen molar-refractivity contribution in [1.29, 1.82) is 0 Å². The standard InChI is InChI=1S/C9H16N/c1-2-4-9-7-10-6-5-8(9)3-1/h6,8-10H,1-5,7H2. The van der Waals surface area contributed by atoms with Crippen LogP contribution in [0.2, 0.25) is 0 Å². The quantitative estimate of drug-likeness (QED) is 0.539. The van der Waals surface area contributed by atoms with Gasteiger partial charge in [-0.2, -0.15) is 0 Å². The van der Waals surface area contributed by atoms with Gasteiger partial charge in [0.25, 0.3) is 0 Å². The van der Waals surface area contributed by atoms with Crippen molar-refractivity contribution in [2.45, 2.75) is 32.1 Å². The molecule has 1 N–H and O–H groups in total. The summed E-state index contributed by atoms with van der Waals surface area (Å²) in [6, 6.07) is 0. The SMILES string of the molecule is [CH]1CC2CCCCC2CN1. The fourth-order valence-electron chi connectivity index (χ4n) is 2.33. The molecule has 1 heterocycles. The van der Waals surface area contributed by atoms with Crippen LogP contribution in [0.3, 0.4) is 0 Å². The van der Waals surface area contributed by atoms with Crippen LogP contribution in [-0.4, -0.2) is 6.54 Å². The van der Waals surface area contributed by atoms with Gasteiger partial charge < -0.3 is 5.32 Å². The number of hydrogen-bond donors (Lipinski definition) is 1. The summed E-state index contributed by atoms with van der Waals surface area (Å²) in [7, 11) is 0. The number of rotatable bonds is 0. The van der Waals surface area contributed by atoms with Crippen LogP contribution >= 0.6 is 0 Å². The summed E-state index contributed by atoms with van der Waals surface area (Å²) in [5.41, 5.74) is 0. The molecule has 2 atom stereocenters. The van der Waals surface area contributed by atoms with Gasteiger partial charge in [0.2, 0.25) is 0 Å². The van der Waals surface area contributed by atoms with Gasteiger partial charge in [-0.3, -0.25) is 0 Å². The Morgan fingerprint density at radius 3 is 2.70 bits per heavy atom. The summed E-state index contributed by atoms with van der Waals surface area (Å²) >= 11 is 0. The Morgan fingerprint density at radius 1 is 1.10 bits per heavy atom. The molecule has 0 amide bonds. The molecule has 0 spiro atoms. The van der Waals surface area contributed by atoms with Crippen LogP contribution in [0.4, 0.5) is 0 Å². The first-order chi connectivity index (χ1) is 4.97. The first-order valence-electron chi connectivity index (χ1n) is 4.52. The lowest BCUT2D eigenvalue weighted by Crippen LogP contribution is -2.35. The van der Waals surface area contributed by atoms with Crippen molar-refractivity contribution in [3.63, 3.8) is 0 Å². The summed E-state index contributed by atoms with van der Waals surface area (Å²) in [4.78, 5) is 0. The van der Waals surface area contributed by atoms with E-state index in [0.717, 1.165) is 11.8 Å². The topological polar surface area (TPSA) is 12.0 Å². The Balaban J connectivity index is 1.93. The molecule has 1 aliphatic carbocycles. The van der Waals surface area contributed by atoms with E-state index < -0.39 is 0 Å². The molecule has 1 radical (unpaired) electrons. The first-order valence-corrected chi connectivity index (χ1v) is 4.52. The molecule has 1 saturated carbocycles. The minimum atomic E-state index is 1.01. The highest BCUT2D eigenvalue weighted by Gasteiger charge is 2.26. The molecule has 2 aliphatic rings. The van der Waals surface area contributed by atoms with Crippen LogP contribution in [0.1, 0.15) is 32.1 Å². The van der Waals surface area contributed by atoms with Gasteiger partial charge in [0, 0.05) is 6.54 Å². The molecule has 1 heteroatoms. The van der Waals surface area contributed by atoms with Gasteiger partial charge in [-0.1, -0.05) is 19.3 Å². The second-order valence-corrected chi connectivity index (χ2v) is 3.65. The van der Waals surface area contributed by atoms with Crippen molar-refractivity contribution >= 4 is 0 Å². The van der Waals surface area contributed by atoms with Crippen LogP contribution < -0.4 is 5.32 Å². The van der Waals surface area contributed by atoms with Crippen molar-refractivity contribution in [2.24, 2.45) is 11.8 Å². The minimum Gasteiger partial charge on any atom is -0.312 e.